The highest BCUT2D eigenvalue weighted by Gasteiger charge is 2.02. The van der Waals surface area contributed by atoms with Crippen LogP contribution in [-0.2, 0) is 0 Å². The molecule has 1 N–H and O–H groups in total. The summed E-state index contributed by atoms with van der Waals surface area (Å²) in [5.74, 6) is 0. The van der Waals surface area contributed by atoms with Crippen molar-refractivity contribution in [3.63, 3.8) is 0 Å². The van der Waals surface area contributed by atoms with Gasteiger partial charge in [0.25, 0.3) is 0 Å². The van der Waals surface area contributed by atoms with Gasteiger partial charge in [-0.25, -0.2) is 0 Å². The van der Waals surface area contributed by atoms with E-state index in [9.17, 15) is 4.91 Å². The van der Waals surface area contributed by atoms with E-state index in [1.165, 1.54) is 0 Å². The minimum atomic E-state index is -0.0860. The van der Waals surface area contributed by atoms with Crippen LogP contribution in [0.1, 0.15) is 26.2 Å². The minimum Gasteiger partial charge on any atom is -0.396 e. The molecular formula is C6H13NO2. The molecule has 0 aliphatic carbocycles. The van der Waals surface area contributed by atoms with Crippen LogP contribution < -0.4 is 0 Å². The molecule has 0 aromatic rings. The second-order valence-corrected chi connectivity index (χ2v) is 2.03. The largest absolute Gasteiger partial charge is 0.396 e. The molecule has 0 aromatic carbocycles. The standard InChI is InChI=1S/C6H13NO2/c1-2-6(7-9)4-3-5-8/h6,8H,2-5H2,1H3. The predicted octanol–water partition coefficient (Wildman–Crippen LogP) is 1.30. The van der Waals surface area contributed by atoms with E-state index in [1.807, 2.05) is 6.92 Å². The summed E-state index contributed by atoms with van der Waals surface area (Å²) in [7, 11) is 0. The molecule has 3 nitrogen and oxygen atoms in total. The van der Waals surface area contributed by atoms with Crippen LogP contribution in [-0.4, -0.2) is 17.8 Å². The molecule has 0 saturated heterocycles. The molecule has 0 aliphatic heterocycles. The maximum Gasteiger partial charge on any atom is 0.0918 e. The predicted molar refractivity (Wildman–Crippen MR) is 36.2 cm³/mol. The monoisotopic (exact) mass is 131 g/mol. The molecule has 0 aliphatic rings. The maximum atomic E-state index is 9.91. The number of aliphatic hydroxyl groups is 1. The first-order valence-corrected chi connectivity index (χ1v) is 3.28. The number of hydrogen-bond donors (Lipinski definition) is 1. The van der Waals surface area contributed by atoms with E-state index >= 15 is 0 Å². The van der Waals surface area contributed by atoms with Crippen molar-refractivity contribution in [3.05, 3.63) is 4.91 Å². The number of nitroso groups, excluding NO2 is 1. The smallest absolute Gasteiger partial charge is 0.0918 e. The van der Waals surface area contributed by atoms with E-state index < -0.39 is 0 Å². The summed E-state index contributed by atoms with van der Waals surface area (Å²) >= 11 is 0. The fourth-order valence-corrected chi connectivity index (χ4v) is 0.658. The van der Waals surface area contributed by atoms with E-state index in [4.69, 9.17) is 5.11 Å². The van der Waals surface area contributed by atoms with Gasteiger partial charge in [0.15, 0.2) is 0 Å². The second kappa shape index (κ2) is 5.69. The molecular weight excluding hydrogens is 118 g/mol. The Balaban J connectivity index is 3.20. The van der Waals surface area contributed by atoms with Crippen molar-refractivity contribution in [3.8, 4) is 0 Å². The fraction of sp³-hybridized carbons (Fsp3) is 1.00. The van der Waals surface area contributed by atoms with Crippen LogP contribution in [0.15, 0.2) is 5.18 Å². The molecule has 0 bridgehead atoms. The molecule has 0 rings (SSSR count). The summed E-state index contributed by atoms with van der Waals surface area (Å²) in [6.45, 7) is 2.08. The molecule has 0 spiro atoms. The van der Waals surface area contributed by atoms with Crippen LogP contribution in [0.5, 0.6) is 0 Å². The summed E-state index contributed by atoms with van der Waals surface area (Å²) in [5.41, 5.74) is 0. The van der Waals surface area contributed by atoms with E-state index in [0.29, 0.717) is 6.42 Å². The van der Waals surface area contributed by atoms with Gasteiger partial charge in [-0.2, -0.15) is 4.91 Å². The molecule has 0 radical (unpaired) electrons. The van der Waals surface area contributed by atoms with Crippen LogP contribution in [0.4, 0.5) is 0 Å². The van der Waals surface area contributed by atoms with Crippen LogP contribution in [0.25, 0.3) is 0 Å². The van der Waals surface area contributed by atoms with Crippen molar-refractivity contribution in [1.82, 2.24) is 0 Å². The van der Waals surface area contributed by atoms with Gasteiger partial charge in [0.1, 0.15) is 0 Å². The minimum absolute atomic E-state index is 0.0860. The van der Waals surface area contributed by atoms with E-state index in [-0.39, 0.29) is 12.6 Å². The van der Waals surface area contributed by atoms with Crippen LogP contribution in [0.2, 0.25) is 0 Å². The molecule has 9 heavy (non-hydrogen) atoms. The Labute approximate surface area is 55.1 Å². The maximum absolute atomic E-state index is 9.91. The summed E-state index contributed by atoms with van der Waals surface area (Å²) in [5, 5.41) is 11.2. The lowest BCUT2D eigenvalue weighted by Gasteiger charge is -2.01. The van der Waals surface area contributed by atoms with Gasteiger partial charge in [-0.05, 0) is 19.3 Å². The van der Waals surface area contributed by atoms with Crippen molar-refractivity contribution >= 4 is 0 Å². The normalized spacial score (nSPS) is 13.1. The summed E-state index contributed by atoms with van der Waals surface area (Å²) in [6, 6.07) is -0.0860. The Hall–Kier alpha value is -0.440. The first-order valence-electron chi connectivity index (χ1n) is 3.28. The van der Waals surface area contributed by atoms with Crippen molar-refractivity contribution in [2.75, 3.05) is 6.61 Å². The molecule has 54 valence electrons. The average Bonchev–Trinajstić information content (AvgIpc) is 1.91. The zero-order chi connectivity index (χ0) is 7.11. The van der Waals surface area contributed by atoms with E-state index in [2.05, 4.69) is 5.18 Å². The molecule has 0 aromatic heterocycles. The Morgan fingerprint density at radius 2 is 2.33 bits per heavy atom. The van der Waals surface area contributed by atoms with E-state index in [0.717, 1.165) is 12.8 Å². The van der Waals surface area contributed by atoms with Crippen molar-refractivity contribution in [2.24, 2.45) is 5.18 Å². The lowest BCUT2D eigenvalue weighted by Crippen LogP contribution is -2.01. The van der Waals surface area contributed by atoms with Gasteiger partial charge in [-0.1, -0.05) is 12.1 Å². The van der Waals surface area contributed by atoms with Gasteiger partial charge in [-0.3, -0.25) is 0 Å². The number of nitrogens with zero attached hydrogens (tertiary/aromatic N) is 1. The van der Waals surface area contributed by atoms with Crippen LogP contribution >= 0.6 is 0 Å². The highest BCUT2D eigenvalue weighted by molar-refractivity contribution is 4.61. The molecule has 0 heterocycles. The molecule has 1 atom stereocenters. The fourth-order valence-electron chi connectivity index (χ4n) is 0.658. The van der Waals surface area contributed by atoms with Gasteiger partial charge in [-0.15, -0.1) is 0 Å². The SMILES string of the molecule is CCC(CCCO)N=O. The number of rotatable bonds is 5. The third-order valence-corrected chi connectivity index (χ3v) is 1.32. The third-order valence-electron chi connectivity index (χ3n) is 1.32. The van der Waals surface area contributed by atoms with Crippen molar-refractivity contribution in [2.45, 2.75) is 32.2 Å². The Morgan fingerprint density at radius 1 is 1.67 bits per heavy atom. The molecule has 0 fully saturated rings. The average molecular weight is 131 g/mol. The Kier molecular flexibility index (Phi) is 5.41. The van der Waals surface area contributed by atoms with Crippen molar-refractivity contribution < 1.29 is 5.11 Å². The van der Waals surface area contributed by atoms with Gasteiger partial charge in [0.2, 0.25) is 0 Å². The number of hydrogen-bond acceptors (Lipinski definition) is 3. The molecule has 1 unspecified atom stereocenters. The first-order chi connectivity index (χ1) is 4.35. The van der Waals surface area contributed by atoms with Gasteiger partial charge < -0.3 is 5.11 Å². The summed E-state index contributed by atoms with van der Waals surface area (Å²) in [6.07, 6.45) is 2.18. The zero-order valence-electron chi connectivity index (χ0n) is 5.71. The first kappa shape index (κ1) is 8.56. The summed E-state index contributed by atoms with van der Waals surface area (Å²) in [4.78, 5) is 9.91. The van der Waals surface area contributed by atoms with Crippen LogP contribution in [0.3, 0.4) is 0 Å². The van der Waals surface area contributed by atoms with Gasteiger partial charge in [0, 0.05) is 6.61 Å². The van der Waals surface area contributed by atoms with Crippen molar-refractivity contribution in [1.29, 1.82) is 0 Å². The van der Waals surface area contributed by atoms with Gasteiger partial charge in [0.05, 0.1) is 6.04 Å². The highest BCUT2D eigenvalue weighted by Crippen LogP contribution is 2.04. The number of aliphatic hydroxyl groups excluding tert-OH is 1. The molecule has 0 saturated carbocycles. The Morgan fingerprint density at radius 3 is 2.67 bits per heavy atom. The lowest BCUT2D eigenvalue weighted by atomic mass is 10.1. The van der Waals surface area contributed by atoms with Crippen LogP contribution in [0, 0.1) is 4.91 Å². The molecule has 0 amide bonds. The quantitative estimate of drug-likeness (QED) is 0.572. The Bertz CT molecular complexity index is 75.5. The molecule has 3 heteroatoms. The zero-order valence-corrected chi connectivity index (χ0v) is 5.71. The summed E-state index contributed by atoms with van der Waals surface area (Å²) < 4.78 is 0. The lowest BCUT2D eigenvalue weighted by molar-refractivity contribution is 0.279. The second-order valence-electron chi connectivity index (χ2n) is 2.03. The van der Waals surface area contributed by atoms with Gasteiger partial charge >= 0.3 is 0 Å². The highest BCUT2D eigenvalue weighted by atomic mass is 16.3. The van der Waals surface area contributed by atoms with E-state index in [1.54, 1.807) is 0 Å². The third kappa shape index (κ3) is 4.09. The topological polar surface area (TPSA) is 49.7 Å².